The summed E-state index contributed by atoms with van der Waals surface area (Å²) < 4.78 is 5.30. The molecule has 0 spiro atoms. The second kappa shape index (κ2) is 9.34. The molecule has 2 aromatic rings. The Kier molecular flexibility index (Phi) is 6.61. The van der Waals surface area contributed by atoms with Crippen LogP contribution in [0.15, 0.2) is 48.5 Å². The number of carbonyl (C=O) groups excluding carboxylic acids is 1. The Morgan fingerprint density at radius 3 is 2.48 bits per heavy atom. The maximum absolute atomic E-state index is 12.2. The summed E-state index contributed by atoms with van der Waals surface area (Å²) in [6, 6.07) is 12.7. The number of hydrogen-bond donors (Lipinski definition) is 1. The van der Waals surface area contributed by atoms with Crippen LogP contribution in [-0.2, 0) is 9.53 Å². The van der Waals surface area contributed by atoms with Gasteiger partial charge in [0, 0.05) is 30.9 Å². The molecule has 0 radical (unpaired) electrons. The lowest BCUT2D eigenvalue weighted by atomic mass is 10.0. The molecule has 0 aliphatic carbocycles. The third-order valence-electron chi connectivity index (χ3n) is 4.82. The predicted octanol–water partition coefficient (Wildman–Crippen LogP) is 4.21. The first-order valence-corrected chi connectivity index (χ1v) is 9.64. The molecule has 1 aliphatic heterocycles. The molecule has 0 aromatic heterocycles. The van der Waals surface area contributed by atoms with Crippen LogP contribution in [0, 0.1) is 10.1 Å². The normalized spacial score (nSPS) is 14.4. The van der Waals surface area contributed by atoms with Crippen molar-refractivity contribution in [3.05, 3.63) is 69.8 Å². The molecule has 3 rings (SSSR count). The van der Waals surface area contributed by atoms with Gasteiger partial charge in [0.05, 0.1) is 18.1 Å². The van der Waals surface area contributed by atoms with Crippen LogP contribution >= 0.6 is 0 Å². The number of ether oxygens (including phenoxy) is 1. The summed E-state index contributed by atoms with van der Waals surface area (Å²) in [6.07, 6.45) is 3.14. The third-order valence-corrected chi connectivity index (χ3v) is 4.82. The van der Waals surface area contributed by atoms with Gasteiger partial charge in [-0.3, -0.25) is 14.9 Å². The number of anilines is 2. The Hall–Kier alpha value is -3.19. The quantitative estimate of drug-likeness (QED) is 0.450. The Morgan fingerprint density at radius 1 is 1.17 bits per heavy atom. The van der Waals surface area contributed by atoms with Gasteiger partial charge in [-0.1, -0.05) is 38.1 Å². The number of nitrogens with one attached hydrogen (secondary N) is 1. The standard InChI is InChI=1S/C22H25N3O4/c1-16(2)18-6-3-17(4-7-18)5-10-22(26)23-19-8-9-20(21(15-19)25(27)28)24-11-13-29-14-12-24/h3-10,15-16H,11-14H2,1-2H3,(H,23,26)/b10-5+. The van der Waals surface area contributed by atoms with E-state index in [-0.39, 0.29) is 11.6 Å². The van der Waals surface area contributed by atoms with Crippen molar-refractivity contribution in [2.75, 3.05) is 36.5 Å². The van der Waals surface area contributed by atoms with E-state index in [9.17, 15) is 14.9 Å². The van der Waals surface area contributed by atoms with E-state index < -0.39 is 4.92 Å². The van der Waals surface area contributed by atoms with Crippen LogP contribution < -0.4 is 10.2 Å². The summed E-state index contributed by atoms with van der Waals surface area (Å²) >= 11 is 0. The molecule has 0 saturated carbocycles. The Bertz CT molecular complexity index is 901. The SMILES string of the molecule is CC(C)c1ccc(/C=C/C(=O)Nc2ccc(N3CCOCC3)c([N+](=O)[O-])c2)cc1. The minimum absolute atomic E-state index is 0.0297. The van der Waals surface area contributed by atoms with E-state index >= 15 is 0 Å². The van der Waals surface area contributed by atoms with Crippen molar-refractivity contribution in [1.29, 1.82) is 0 Å². The van der Waals surface area contributed by atoms with Crippen LogP contribution in [-0.4, -0.2) is 37.1 Å². The lowest BCUT2D eigenvalue weighted by molar-refractivity contribution is -0.384. The number of carbonyl (C=O) groups is 1. The van der Waals surface area contributed by atoms with E-state index in [2.05, 4.69) is 19.2 Å². The number of benzene rings is 2. The average Bonchev–Trinajstić information content (AvgIpc) is 2.73. The van der Waals surface area contributed by atoms with E-state index in [4.69, 9.17) is 4.74 Å². The minimum Gasteiger partial charge on any atom is -0.378 e. The second-order valence-electron chi connectivity index (χ2n) is 7.20. The summed E-state index contributed by atoms with van der Waals surface area (Å²) in [6.45, 7) is 6.54. The Balaban J connectivity index is 1.69. The number of morpholine rings is 1. The number of nitrogens with zero attached hydrogens (tertiary/aromatic N) is 2. The van der Waals surface area contributed by atoms with Crippen molar-refractivity contribution in [3.8, 4) is 0 Å². The number of nitro benzene ring substituents is 1. The molecule has 1 saturated heterocycles. The van der Waals surface area contributed by atoms with Crippen molar-refractivity contribution in [1.82, 2.24) is 0 Å². The summed E-state index contributed by atoms with van der Waals surface area (Å²) in [7, 11) is 0. The van der Waals surface area contributed by atoms with Gasteiger partial charge < -0.3 is 15.0 Å². The van der Waals surface area contributed by atoms with Gasteiger partial charge in [0.25, 0.3) is 5.69 Å². The van der Waals surface area contributed by atoms with Gasteiger partial charge >= 0.3 is 0 Å². The summed E-state index contributed by atoms with van der Waals surface area (Å²) in [5, 5.41) is 14.2. The lowest BCUT2D eigenvalue weighted by Crippen LogP contribution is -2.36. The van der Waals surface area contributed by atoms with Gasteiger partial charge in [0.15, 0.2) is 0 Å². The Labute approximate surface area is 170 Å². The highest BCUT2D eigenvalue weighted by atomic mass is 16.6. The van der Waals surface area contributed by atoms with Crippen LogP contribution in [0.5, 0.6) is 0 Å². The molecule has 1 N–H and O–H groups in total. The van der Waals surface area contributed by atoms with Crippen molar-refractivity contribution < 1.29 is 14.5 Å². The van der Waals surface area contributed by atoms with Crippen LogP contribution in [0.4, 0.5) is 17.1 Å². The van der Waals surface area contributed by atoms with E-state index in [1.54, 1.807) is 18.2 Å². The first-order chi connectivity index (χ1) is 13.9. The number of rotatable bonds is 6. The number of hydrogen-bond acceptors (Lipinski definition) is 5. The van der Waals surface area contributed by atoms with Crippen molar-refractivity contribution in [3.63, 3.8) is 0 Å². The molecule has 1 fully saturated rings. The molecule has 29 heavy (non-hydrogen) atoms. The van der Waals surface area contributed by atoms with Crippen molar-refractivity contribution in [2.45, 2.75) is 19.8 Å². The molecule has 152 valence electrons. The predicted molar refractivity (Wildman–Crippen MR) is 114 cm³/mol. The summed E-state index contributed by atoms with van der Waals surface area (Å²) in [5.74, 6) is 0.110. The molecular formula is C22H25N3O4. The molecule has 1 amide bonds. The highest BCUT2D eigenvalue weighted by Gasteiger charge is 2.22. The van der Waals surface area contributed by atoms with Gasteiger partial charge in [0.2, 0.25) is 5.91 Å². The number of amides is 1. The van der Waals surface area contributed by atoms with E-state index in [1.165, 1.54) is 17.7 Å². The monoisotopic (exact) mass is 395 g/mol. The van der Waals surface area contributed by atoms with Crippen LogP contribution in [0.1, 0.15) is 30.9 Å². The lowest BCUT2D eigenvalue weighted by Gasteiger charge is -2.28. The third kappa shape index (κ3) is 5.42. The highest BCUT2D eigenvalue weighted by Crippen LogP contribution is 2.31. The van der Waals surface area contributed by atoms with E-state index in [0.717, 1.165) is 5.56 Å². The highest BCUT2D eigenvalue weighted by molar-refractivity contribution is 6.02. The Morgan fingerprint density at radius 2 is 1.86 bits per heavy atom. The molecule has 0 unspecified atom stereocenters. The maximum atomic E-state index is 12.2. The fraction of sp³-hybridized carbons (Fsp3) is 0.318. The zero-order chi connectivity index (χ0) is 20.8. The summed E-state index contributed by atoms with van der Waals surface area (Å²) in [5.41, 5.74) is 3.05. The van der Waals surface area contributed by atoms with Gasteiger partial charge in [-0.15, -0.1) is 0 Å². The molecule has 0 atom stereocenters. The van der Waals surface area contributed by atoms with E-state index in [1.807, 2.05) is 29.2 Å². The molecule has 7 nitrogen and oxygen atoms in total. The zero-order valence-electron chi connectivity index (χ0n) is 16.6. The van der Waals surface area contributed by atoms with Crippen LogP contribution in [0.25, 0.3) is 6.08 Å². The van der Waals surface area contributed by atoms with E-state index in [0.29, 0.717) is 43.6 Å². The van der Waals surface area contributed by atoms with Crippen molar-refractivity contribution >= 4 is 29.0 Å². The van der Waals surface area contributed by atoms with Gasteiger partial charge in [-0.2, -0.15) is 0 Å². The average molecular weight is 395 g/mol. The van der Waals surface area contributed by atoms with Gasteiger partial charge in [0.1, 0.15) is 5.69 Å². The molecule has 1 heterocycles. The largest absolute Gasteiger partial charge is 0.378 e. The second-order valence-corrected chi connectivity index (χ2v) is 7.20. The van der Waals surface area contributed by atoms with Crippen molar-refractivity contribution in [2.24, 2.45) is 0 Å². The smallest absolute Gasteiger partial charge is 0.294 e. The minimum atomic E-state index is -0.424. The zero-order valence-corrected chi connectivity index (χ0v) is 16.6. The maximum Gasteiger partial charge on any atom is 0.294 e. The first-order valence-electron chi connectivity index (χ1n) is 9.64. The fourth-order valence-electron chi connectivity index (χ4n) is 3.17. The van der Waals surface area contributed by atoms with Crippen LogP contribution in [0.2, 0.25) is 0 Å². The van der Waals surface area contributed by atoms with Crippen LogP contribution in [0.3, 0.4) is 0 Å². The molecular weight excluding hydrogens is 370 g/mol. The van der Waals surface area contributed by atoms with Gasteiger partial charge in [-0.25, -0.2) is 0 Å². The molecule has 1 aliphatic rings. The summed E-state index contributed by atoms with van der Waals surface area (Å²) in [4.78, 5) is 25.2. The van der Waals surface area contributed by atoms with Gasteiger partial charge in [-0.05, 0) is 35.3 Å². The molecule has 2 aromatic carbocycles. The first kappa shape index (κ1) is 20.5. The molecule has 0 bridgehead atoms. The topological polar surface area (TPSA) is 84.7 Å². The fourth-order valence-corrected chi connectivity index (χ4v) is 3.17. The number of nitro groups is 1. The molecule has 7 heteroatoms.